The lowest BCUT2D eigenvalue weighted by Gasteiger charge is -2.06. The molecule has 0 radical (unpaired) electrons. The molecular formula is C8H18FN. The van der Waals surface area contributed by atoms with Gasteiger partial charge in [0.25, 0.3) is 0 Å². The van der Waals surface area contributed by atoms with Gasteiger partial charge in [-0.15, -0.1) is 0 Å². The highest BCUT2D eigenvalue weighted by atomic mass is 19.1. The lowest BCUT2D eigenvalue weighted by atomic mass is 10.1. The van der Waals surface area contributed by atoms with Crippen LogP contribution in [0.3, 0.4) is 0 Å². The maximum Gasteiger partial charge on any atom is 0.110 e. The van der Waals surface area contributed by atoms with Crippen molar-refractivity contribution in [2.75, 3.05) is 13.1 Å². The monoisotopic (exact) mass is 147 g/mol. The zero-order chi connectivity index (χ0) is 7.98. The number of rotatable bonds is 5. The topological polar surface area (TPSA) is 12.0 Å². The average Bonchev–Trinajstić information content (AvgIpc) is 1.79. The van der Waals surface area contributed by atoms with Crippen molar-refractivity contribution in [3.63, 3.8) is 0 Å². The molecule has 2 heteroatoms. The molecule has 1 N–H and O–H groups in total. The number of nitrogens with one attached hydrogen (secondary N) is 1. The first-order valence-electron chi connectivity index (χ1n) is 3.97. The molecule has 0 fully saturated rings. The molecule has 0 aliphatic rings. The van der Waals surface area contributed by atoms with Crippen molar-refractivity contribution in [2.45, 2.75) is 33.4 Å². The summed E-state index contributed by atoms with van der Waals surface area (Å²) < 4.78 is 12.2. The van der Waals surface area contributed by atoms with E-state index in [0.717, 1.165) is 13.0 Å². The van der Waals surface area contributed by atoms with Gasteiger partial charge in [-0.25, -0.2) is 4.39 Å². The largest absolute Gasteiger partial charge is 0.314 e. The first-order chi connectivity index (χ1) is 4.63. The fourth-order valence-electron chi connectivity index (χ4n) is 0.692. The molecule has 62 valence electrons. The van der Waals surface area contributed by atoms with Crippen LogP contribution >= 0.6 is 0 Å². The second-order valence-electron chi connectivity index (χ2n) is 3.17. The zero-order valence-corrected chi connectivity index (χ0v) is 7.15. The molecule has 1 atom stereocenters. The first-order valence-corrected chi connectivity index (χ1v) is 3.97. The van der Waals surface area contributed by atoms with E-state index in [1.165, 1.54) is 0 Å². The highest BCUT2D eigenvalue weighted by molar-refractivity contribution is 4.54. The van der Waals surface area contributed by atoms with Gasteiger partial charge in [0.15, 0.2) is 0 Å². The third-order valence-electron chi connectivity index (χ3n) is 1.32. The highest BCUT2D eigenvalue weighted by Gasteiger charge is 1.96. The van der Waals surface area contributed by atoms with Crippen molar-refractivity contribution < 1.29 is 4.39 Å². The van der Waals surface area contributed by atoms with Crippen LogP contribution in [0.2, 0.25) is 0 Å². The Balaban J connectivity index is 2.91. The van der Waals surface area contributed by atoms with Crippen molar-refractivity contribution in [2.24, 2.45) is 5.92 Å². The van der Waals surface area contributed by atoms with Crippen LogP contribution in [0.25, 0.3) is 0 Å². The van der Waals surface area contributed by atoms with Crippen LogP contribution in [0.15, 0.2) is 0 Å². The summed E-state index contributed by atoms with van der Waals surface area (Å²) in [4.78, 5) is 0. The van der Waals surface area contributed by atoms with E-state index in [1.807, 2.05) is 0 Å². The lowest BCUT2D eigenvalue weighted by Crippen LogP contribution is -2.23. The first kappa shape index (κ1) is 9.89. The Morgan fingerprint density at radius 2 is 1.90 bits per heavy atom. The molecule has 0 aliphatic carbocycles. The van der Waals surface area contributed by atoms with E-state index in [4.69, 9.17) is 0 Å². The van der Waals surface area contributed by atoms with Gasteiger partial charge in [-0.3, -0.25) is 0 Å². The van der Waals surface area contributed by atoms with E-state index in [9.17, 15) is 4.39 Å². The molecule has 0 aromatic heterocycles. The minimum atomic E-state index is -0.716. The van der Waals surface area contributed by atoms with Crippen LogP contribution < -0.4 is 5.32 Å². The van der Waals surface area contributed by atoms with Gasteiger partial charge in [-0.05, 0) is 25.8 Å². The normalized spacial score (nSPS) is 14.1. The van der Waals surface area contributed by atoms with Crippen molar-refractivity contribution >= 4 is 0 Å². The highest BCUT2D eigenvalue weighted by Crippen LogP contribution is 1.96. The van der Waals surface area contributed by atoms with Gasteiger partial charge in [0.1, 0.15) is 6.17 Å². The van der Waals surface area contributed by atoms with E-state index < -0.39 is 6.17 Å². The second-order valence-corrected chi connectivity index (χ2v) is 3.17. The Morgan fingerprint density at radius 3 is 2.30 bits per heavy atom. The second kappa shape index (κ2) is 5.66. The van der Waals surface area contributed by atoms with Gasteiger partial charge in [0, 0.05) is 6.54 Å². The number of alkyl halides is 1. The molecule has 0 aliphatic heterocycles. The molecule has 0 bridgehead atoms. The summed E-state index contributed by atoms with van der Waals surface area (Å²) >= 11 is 0. The van der Waals surface area contributed by atoms with Gasteiger partial charge in [-0.2, -0.15) is 0 Å². The summed E-state index contributed by atoms with van der Waals surface area (Å²) in [7, 11) is 0. The quantitative estimate of drug-likeness (QED) is 0.586. The Kier molecular flexibility index (Phi) is 5.60. The van der Waals surface area contributed by atoms with Gasteiger partial charge >= 0.3 is 0 Å². The number of hydrogen-bond acceptors (Lipinski definition) is 1. The lowest BCUT2D eigenvalue weighted by molar-refractivity contribution is 0.341. The van der Waals surface area contributed by atoms with Crippen molar-refractivity contribution in [1.82, 2.24) is 5.32 Å². The van der Waals surface area contributed by atoms with Gasteiger partial charge < -0.3 is 5.32 Å². The van der Waals surface area contributed by atoms with Crippen LogP contribution in [0.1, 0.15) is 27.2 Å². The van der Waals surface area contributed by atoms with Crippen LogP contribution in [0, 0.1) is 5.92 Å². The smallest absolute Gasteiger partial charge is 0.110 e. The average molecular weight is 147 g/mol. The molecular weight excluding hydrogens is 129 g/mol. The van der Waals surface area contributed by atoms with E-state index in [2.05, 4.69) is 19.2 Å². The van der Waals surface area contributed by atoms with Crippen LogP contribution in [0.4, 0.5) is 4.39 Å². The third kappa shape index (κ3) is 7.89. The van der Waals surface area contributed by atoms with E-state index in [1.54, 1.807) is 6.92 Å². The van der Waals surface area contributed by atoms with E-state index in [-0.39, 0.29) is 0 Å². The molecule has 1 unspecified atom stereocenters. The molecule has 0 rings (SSSR count). The zero-order valence-electron chi connectivity index (χ0n) is 7.15. The van der Waals surface area contributed by atoms with E-state index in [0.29, 0.717) is 12.5 Å². The fourth-order valence-corrected chi connectivity index (χ4v) is 0.692. The van der Waals surface area contributed by atoms with Gasteiger partial charge in [0.2, 0.25) is 0 Å². The van der Waals surface area contributed by atoms with Crippen LogP contribution in [0.5, 0.6) is 0 Å². The standard InChI is InChI=1S/C8H18FN/c1-7(2)4-5-10-6-8(3)9/h7-8,10H,4-6H2,1-3H3. The van der Waals surface area contributed by atoms with E-state index >= 15 is 0 Å². The summed E-state index contributed by atoms with van der Waals surface area (Å²) in [6.45, 7) is 7.34. The maximum absolute atomic E-state index is 12.2. The van der Waals surface area contributed by atoms with Crippen molar-refractivity contribution in [3.8, 4) is 0 Å². The SMILES string of the molecule is CC(C)CCNCC(C)F. The van der Waals surface area contributed by atoms with Gasteiger partial charge in [0.05, 0.1) is 0 Å². The molecule has 0 saturated carbocycles. The molecule has 0 aromatic carbocycles. The summed E-state index contributed by atoms with van der Waals surface area (Å²) in [5, 5.41) is 3.04. The summed E-state index contributed by atoms with van der Waals surface area (Å²) in [5.41, 5.74) is 0. The minimum Gasteiger partial charge on any atom is -0.314 e. The molecule has 1 nitrogen and oxygen atoms in total. The molecule has 0 aromatic rings. The Labute approximate surface area is 63.0 Å². The third-order valence-corrected chi connectivity index (χ3v) is 1.32. The molecule has 0 heterocycles. The summed E-state index contributed by atoms with van der Waals surface area (Å²) in [6, 6.07) is 0. The molecule has 10 heavy (non-hydrogen) atoms. The molecule has 0 spiro atoms. The predicted octanol–water partition coefficient (Wildman–Crippen LogP) is 1.98. The molecule has 0 saturated heterocycles. The summed E-state index contributed by atoms with van der Waals surface area (Å²) in [5.74, 6) is 0.711. The number of hydrogen-bond donors (Lipinski definition) is 1. The minimum absolute atomic E-state index is 0.493. The fraction of sp³-hybridized carbons (Fsp3) is 1.00. The Hall–Kier alpha value is -0.110. The van der Waals surface area contributed by atoms with Crippen LogP contribution in [-0.4, -0.2) is 19.3 Å². The Bertz CT molecular complexity index is 61.7. The summed E-state index contributed by atoms with van der Waals surface area (Å²) in [6.07, 6.45) is 0.416. The predicted molar refractivity (Wildman–Crippen MR) is 42.9 cm³/mol. The van der Waals surface area contributed by atoms with Gasteiger partial charge in [-0.1, -0.05) is 13.8 Å². The van der Waals surface area contributed by atoms with Crippen molar-refractivity contribution in [3.05, 3.63) is 0 Å². The number of halogens is 1. The molecule has 0 amide bonds. The Morgan fingerprint density at radius 1 is 1.30 bits per heavy atom. The van der Waals surface area contributed by atoms with Crippen LogP contribution in [-0.2, 0) is 0 Å². The van der Waals surface area contributed by atoms with Crippen molar-refractivity contribution in [1.29, 1.82) is 0 Å². The maximum atomic E-state index is 12.2.